The van der Waals surface area contributed by atoms with E-state index in [1.165, 1.54) is 6.07 Å². The first-order chi connectivity index (χ1) is 9.06. The SMILES string of the molecule is C[C@@H](NCc1cc(C(=O)O)no1)c1ccc(Cl)cc1. The summed E-state index contributed by atoms with van der Waals surface area (Å²) >= 11 is 5.82. The number of nitrogens with one attached hydrogen (secondary N) is 1. The van der Waals surface area contributed by atoms with Crippen molar-refractivity contribution in [1.29, 1.82) is 0 Å². The van der Waals surface area contributed by atoms with Gasteiger partial charge in [0.15, 0.2) is 11.5 Å². The predicted molar refractivity (Wildman–Crippen MR) is 70.2 cm³/mol. The van der Waals surface area contributed by atoms with E-state index in [-0.39, 0.29) is 11.7 Å². The molecule has 0 aliphatic heterocycles. The Bertz CT molecular complexity index is 566. The van der Waals surface area contributed by atoms with Gasteiger partial charge in [0.25, 0.3) is 0 Å². The number of aromatic carboxylic acids is 1. The second-order valence-corrected chi connectivity index (χ2v) is 4.57. The van der Waals surface area contributed by atoms with Crippen molar-refractivity contribution in [1.82, 2.24) is 10.5 Å². The predicted octanol–water partition coefficient (Wildman–Crippen LogP) is 2.88. The standard InChI is InChI=1S/C13H13ClN2O3/c1-8(9-2-4-10(14)5-3-9)15-7-11-6-12(13(17)18)16-19-11/h2-6,8,15H,7H2,1H3,(H,17,18)/t8-/m1/s1. The Morgan fingerprint density at radius 1 is 1.47 bits per heavy atom. The fourth-order valence-corrected chi connectivity index (χ4v) is 1.75. The Kier molecular flexibility index (Phi) is 4.19. The molecule has 0 radical (unpaired) electrons. The van der Waals surface area contributed by atoms with Crippen molar-refractivity contribution in [3.63, 3.8) is 0 Å². The molecule has 0 aliphatic carbocycles. The third-order valence-corrected chi connectivity index (χ3v) is 2.98. The van der Waals surface area contributed by atoms with E-state index in [2.05, 4.69) is 10.5 Å². The molecule has 0 unspecified atom stereocenters. The minimum Gasteiger partial charge on any atom is -0.476 e. The van der Waals surface area contributed by atoms with Crippen molar-refractivity contribution in [2.45, 2.75) is 19.5 Å². The van der Waals surface area contributed by atoms with Crippen molar-refractivity contribution in [2.75, 3.05) is 0 Å². The lowest BCUT2D eigenvalue weighted by Crippen LogP contribution is -2.17. The van der Waals surface area contributed by atoms with Gasteiger partial charge in [-0.15, -0.1) is 0 Å². The summed E-state index contributed by atoms with van der Waals surface area (Å²) in [5, 5.41) is 16.1. The smallest absolute Gasteiger partial charge is 0.358 e. The highest BCUT2D eigenvalue weighted by atomic mass is 35.5. The van der Waals surface area contributed by atoms with Crippen LogP contribution in [0, 0.1) is 0 Å². The maximum atomic E-state index is 10.7. The Morgan fingerprint density at radius 2 is 2.16 bits per heavy atom. The first-order valence-corrected chi connectivity index (χ1v) is 6.12. The molecule has 0 bridgehead atoms. The van der Waals surface area contributed by atoms with E-state index >= 15 is 0 Å². The molecule has 19 heavy (non-hydrogen) atoms. The zero-order valence-corrected chi connectivity index (χ0v) is 11.0. The molecule has 0 amide bonds. The molecule has 2 aromatic rings. The van der Waals surface area contributed by atoms with E-state index in [1.54, 1.807) is 0 Å². The van der Waals surface area contributed by atoms with Gasteiger partial charge in [0.05, 0.1) is 6.54 Å². The minimum absolute atomic E-state index is 0.0871. The van der Waals surface area contributed by atoms with E-state index in [1.807, 2.05) is 31.2 Å². The molecule has 0 saturated carbocycles. The van der Waals surface area contributed by atoms with Gasteiger partial charge < -0.3 is 14.9 Å². The lowest BCUT2D eigenvalue weighted by Gasteiger charge is -2.12. The van der Waals surface area contributed by atoms with Crippen molar-refractivity contribution in [3.05, 3.63) is 52.4 Å². The number of hydrogen-bond acceptors (Lipinski definition) is 4. The van der Waals surface area contributed by atoms with Gasteiger partial charge in [-0.1, -0.05) is 28.9 Å². The molecule has 0 fully saturated rings. The third kappa shape index (κ3) is 3.56. The van der Waals surface area contributed by atoms with Crippen molar-refractivity contribution >= 4 is 17.6 Å². The molecule has 2 rings (SSSR count). The molecule has 0 spiro atoms. The number of halogens is 1. The van der Waals surface area contributed by atoms with Gasteiger partial charge in [0, 0.05) is 17.1 Å². The maximum absolute atomic E-state index is 10.7. The van der Waals surface area contributed by atoms with Crippen LogP contribution in [0.1, 0.15) is 34.8 Å². The molecule has 5 nitrogen and oxygen atoms in total. The van der Waals surface area contributed by atoms with Crippen LogP contribution in [-0.4, -0.2) is 16.2 Å². The van der Waals surface area contributed by atoms with Crippen LogP contribution in [0.3, 0.4) is 0 Å². The Hall–Kier alpha value is -1.85. The van der Waals surface area contributed by atoms with Gasteiger partial charge in [0.1, 0.15) is 0 Å². The van der Waals surface area contributed by atoms with Gasteiger partial charge >= 0.3 is 5.97 Å². The Morgan fingerprint density at radius 3 is 2.74 bits per heavy atom. The van der Waals surface area contributed by atoms with E-state index in [9.17, 15) is 4.79 Å². The quantitative estimate of drug-likeness (QED) is 0.881. The van der Waals surface area contributed by atoms with Crippen LogP contribution in [0.15, 0.2) is 34.9 Å². The van der Waals surface area contributed by atoms with Crippen LogP contribution >= 0.6 is 11.6 Å². The Labute approximate surface area is 115 Å². The van der Waals surface area contributed by atoms with Gasteiger partial charge in [-0.2, -0.15) is 0 Å². The van der Waals surface area contributed by atoms with Crippen LogP contribution in [0.25, 0.3) is 0 Å². The molecule has 2 N–H and O–H groups in total. The molecule has 1 aromatic carbocycles. The third-order valence-electron chi connectivity index (χ3n) is 2.73. The molecular weight excluding hydrogens is 268 g/mol. The molecule has 0 saturated heterocycles. The highest BCUT2D eigenvalue weighted by Crippen LogP contribution is 2.16. The number of nitrogens with zero attached hydrogens (tertiary/aromatic N) is 1. The summed E-state index contributed by atoms with van der Waals surface area (Å²) in [6, 6.07) is 9.02. The van der Waals surface area contributed by atoms with Crippen LogP contribution in [0.2, 0.25) is 5.02 Å². The number of carboxylic acids is 1. The summed E-state index contributed by atoms with van der Waals surface area (Å²) in [5.74, 6) is -0.612. The first-order valence-electron chi connectivity index (χ1n) is 5.74. The summed E-state index contributed by atoms with van der Waals surface area (Å²) < 4.78 is 4.92. The molecule has 1 atom stereocenters. The van der Waals surface area contributed by atoms with Gasteiger partial charge in [-0.3, -0.25) is 0 Å². The molecule has 6 heteroatoms. The summed E-state index contributed by atoms with van der Waals surface area (Å²) in [5.41, 5.74) is 0.998. The van der Waals surface area contributed by atoms with E-state index in [4.69, 9.17) is 21.2 Å². The lowest BCUT2D eigenvalue weighted by molar-refractivity contribution is 0.0685. The fraction of sp³-hybridized carbons (Fsp3) is 0.231. The van der Waals surface area contributed by atoms with E-state index < -0.39 is 5.97 Å². The van der Waals surface area contributed by atoms with Gasteiger partial charge in [-0.25, -0.2) is 4.79 Å². The van der Waals surface area contributed by atoms with Crippen molar-refractivity contribution in [3.8, 4) is 0 Å². The number of rotatable bonds is 5. The van der Waals surface area contributed by atoms with Gasteiger partial charge in [0.2, 0.25) is 0 Å². The normalized spacial score (nSPS) is 12.3. The second-order valence-electron chi connectivity index (χ2n) is 4.14. The number of benzene rings is 1. The number of carboxylic acid groups (broad SMARTS) is 1. The van der Waals surface area contributed by atoms with E-state index in [0.717, 1.165) is 5.56 Å². The number of hydrogen-bond donors (Lipinski definition) is 2. The molecule has 0 aliphatic rings. The molecule has 1 heterocycles. The topological polar surface area (TPSA) is 75.4 Å². The average Bonchev–Trinajstić information content (AvgIpc) is 2.86. The molecule has 1 aromatic heterocycles. The second kappa shape index (κ2) is 5.86. The highest BCUT2D eigenvalue weighted by Gasteiger charge is 2.11. The largest absolute Gasteiger partial charge is 0.476 e. The van der Waals surface area contributed by atoms with Crippen LogP contribution in [0.4, 0.5) is 0 Å². The van der Waals surface area contributed by atoms with Crippen molar-refractivity contribution < 1.29 is 14.4 Å². The minimum atomic E-state index is -1.10. The lowest BCUT2D eigenvalue weighted by atomic mass is 10.1. The number of aromatic nitrogens is 1. The monoisotopic (exact) mass is 280 g/mol. The summed E-state index contributed by atoms with van der Waals surface area (Å²) in [6.07, 6.45) is 0. The average molecular weight is 281 g/mol. The zero-order chi connectivity index (χ0) is 13.8. The zero-order valence-electron chi connectivity index (χ0n) is 10.3. The summed E-state index contributed by atoms with van der Waals surface area (Å²) in [4.78, 5) is 10.7. The number of carbonyl (C=O) groups is 1. The Balaban J connectivity index is 1.94. The highest BCUT2D eigenvalue weighted by molar-refractivity contribution is 6.30. The fourth-order valence-electron chi connectivity index (χ4n) is 1.62. The van der Waals surface area contributed by atoms with Crippen LogP contribution in [0.5, 0.6) is 0 Å². The van der Waals surface area contributed by atoms with Crippen LogP contribution in [-0.2, 0) is 6.54 Å². The first kappa shape index (κ1) is 13.6. The molecule has 100 valence electrons. The summed E-state index contributed by atoms with van der Waals surface area (Å²) in [6.45, 7) is 2.40. The van der Waals surface area contributed by atoms with E-state index in [0.29, 0.717) is 17.3 Å². The van der Waals surface area contributed by atoms with Crippen molar-refractivity contribution in [2.24, 2.45) is 0 Å². The summed E-state index contributed by atoms with van der Waals surface area (Å²) in [7, 11) is 0. The maximum Gasteiger partial charge on any atom is 0.358 e. The molecular formula is C13H13ClN2O3. The van der Waals surface area contributed by atoms with Crippen LogP contribution < -0.4 is 5.32 Å². The van der Waals surface area contributed by atoms with Gasteiger partial charge in [-0.05, 0) is 24.6 Å².